The summed E-state index contributed by atoms with van der Waals surface area (Å²) >= 11 is 0. The molecule has 1 atom stereocenters. The number of rotatable bonds is 2. The van der Waals surface area contributed by atoms with E-state index >= 15 is 0 Å². The van der Waals surface area contributed by atoms with Crippen molar-refractivity contribution in [2.75, 3.05) is 0 Å². The average Bonchev–Trinajstić information content (AvgIpc) is 3.03. The average molecular weight is 381 g/mol. The van der Waals surface area contributed by atoms with Crippen LogP contribution in [0.15, 0.2) is 47.5 Å². The van der Waals surface area contributed by atoms with Crippen molar-refractivity contribution in [2.45, 2.75) is 33.4 Å². The summed E-state index contributed by atoms with van der Waals surface area (Å²) in [7, 11) is 0. The van der Waals surface area contributed by atoms with E-state index < -0.39 is 11.4 Å². The molecule has 0 amide bonds. The Bertz CT molecular complexity index is 1150. The summed E-state index contributed by atoms with van der Waals surface area (Å²) in [5.41, 5.74) is 1.57. The number of benzene rings is 1. The lowest BCUT2D eigenvalue weighted by Crippen LogP contribution is -2.35. The van der Waals surface area contributed by atoms with Crippen LogP contribution >= 0.6 is 0 Å². The van der Waals surface area contributed by atoms with Crippen LogP contribution in [0.25, 0.3) is 22.5 Å². The predicted molar refractivity (Wildman–Crippen MR) is 103 cm³/mol. The summed E-state index contributed by atoms with van der Waals surface area (Å²) in [5.74, 6) is -1.61. The van der Waals surface area contributed by atoms with Crippen molar-refractivity contribution in [3.63, 3.8) is 0 Å². The molecule has 144 valence electrons. The molecule has 0 spiro atoms. The number of hydrogen-bond acceptors (Lipinski definition) is 3. The first-order valence-electron chi connectivity index (χ1n) is 8.98. The maximum absolute atomic E-state index is 13.8. The smallest absolute Gasteiger partial charge is 0.341 e. The van der Waals surface area contributed by atoms with Gasteiger partial charge in [-0.15, -0.1) is 0 Å². The molecule has 0 aliphatic carbocycles. The van der Waals surface area contributed by atoms with Gasteiger partial charge in [0.25, 0.3) is 0 Å². The molecular weight excluding hydrogens is 361 g/mol. The molecule has 1 aliphatic rings. The van der Waals surface area contributed by atoms with E-state index in [1.54, 1.807) is 18.3 Å². The molecule has 3 aromatic rings. The van der Waals surface area contributed by atoms with Gasteiger partial charge in [0.05, 0.1) is 30.2 Å². The largest absolute Gasteiger partial charge is 0.477 e. The van der Waals surface area contributed by atoms with Crippen LogP contribution < -0.4 is 5.43 Å². The van der Waals surface area contributed by atoms with Crippen molar-refractivity contribution >= 4 is 5.97 Å². The van der Waals surface area contributed by atoms with Crippen LogP contribution in [0, 0.1) is 11.2 Å². The zero-order chi connectivity index (χ0) is 20.2. The van der Waals surface area contributed by atoms with Gasteiger partial charge in [0.15, 0.2) is 5.43 Å². The summed E-state index contributed by atoms with van der Waals surface area (Å²) in [5, 5.41) is 13.9. The van der Waals surface area contributed by atoms with Gasteiger partial charge in [-0.25, -0.2) is 9.18 Å². The third-order valence-corrected chi connectivity index (χ3v) is 5.21. The first-order valence-corrected chi connectivity index (χ1v) is 8.98. The fraction of sp³-hybridized carbons (Fsp3) is 0.286. The predicted octanol–water partition coefficient (Wildman–Crippen LogP) is 3.82. The van der Waals surface area contributed by atoms with Gasteiger partial charge in [-0.1, -0.05) is 32.9 Å². The molecule has 0 bridgehead atoms. The Kier molecular flexibility index (Phi) is 3.99. The van der Waals surface area contributed by atoms with E-state index in [4.69, 9.17) is 0 Å². The second-order valence-corrected chi connectivity index (χ2v) is 8.13. The molecule has 6 nitrogen and oxygen atoms in total. The van der Waals surface area contributed by atoms with Crippen LogP contribution in [0.3, 0.4) is 0 Å². The first kappa shape index (κ1) is 18.2. The molecule has 1 N–H and O–H groups in total. The molecular formula is C21H20FN3O3. The summed E-state index contributed by atoms with van der Waals surface area (Å²) < 4.78 is 17.4. The zero-order valence-corrected chi connectivity index (χ0v) is 15.8. The lowest BCUT2D eigenvalue weighted by atomic mass is 9.84. The number of carboxylic acid groups (broad SMARTS) is 1. The van der Waals surface area contributed by atoms with E-state index in [0.717, 1.165) is 0 Å². The summed E-state index contributed by atoms with van der Waals surface area (Å²) in [4.78, 5) is 24.0. The quantitative estimate of drug-likeness (QED) is 0.732. The van der Waals surface area contributed by atoms with Crippen LogP contribution in [0.2, 0.25) is 0 Å². The van der Waals surface area contributed by atoms with Gasteiger partial charge in [-0.05, 0) is 23.1 Å². The molecule has 0 saturated carbocycles. The Morgan fingerprint density at radius 2 is 2.04 bits per heavy atom. The van der Waals surface area contributed by atoms with Crippen molar-refractivity contribution in [2.24, 2.45) is 5.41 Å². The molecule has 0 radical (unpaired) electrons. The molecule has 0 unspecified atom stereocenters. The Hall–Kier alpha value is -3.22. The minimum Gasteiger partial charge on any atom is -0.477 e. The molecule has 1 aliphatic heterocycles. The maximum atomic E-state index is 13.8. The molecule has 0 saturated heterocycles. The number of aromatic nitrogens is 3. The monoisotopic (exact) mass is 381 g/mol. The minimum atomic E-state index is -1.25. The molecule has 28 heavy (non-hydrogen) atoms. The Labute approximate surface area is 160 Å². The first-order chi connectivity index (χ1) is 13.2. The number of carbonyl (C=O) groups is 1. The van der Waals surface area contributed by atoms with Crippen molar-refractivity contribution < 1.29 is 14.3 Å². The van der Waals surface area contributed by atoms with E-state index in [-0.39, 0.29) is 22.8 Å². The number of halogens is 1. The number of nitrogens with zero attached hydrogens (tertiary/aromatic N) is 3. The second-order valence-electron chi connectivity index (χ2n) is 8.13. The van der Waals surface area contributed by atoms with Gasteiger partial charge in [-0.3, -0.25) is 9.48 Å². The molecule has 4 rings (SSSR count). The van der Waals surface area contributed by atoms with Crippen LogP contribution in [0.4, 0.5) is 4.39 Å². The topological polar surface area (TPSA) is 77.1 Å². The van der Waals surface area contributed by atoms with Crippen LogP contribution in [-0.2, 0) is 6.54 Å². The summed E-state index contributed by atoms with van der Waals surface area (Å²) in [6, 6.07) is 7.43. The highest BCUT2D eigenvalue weighted by molar-refractivity contribution is 5.88. The Balaban J connectivity index is 2.01. The van der Waals surface area contributed by atoms with E-state index in [1.165, 1.54) is 24.4 Å². The molecule has 7 heteroatoms. The molecule has 2 aromatic heterocycles. The van der Waals surface area contributed by atoms with Gasteiger partial charge in [-0.2, -0.15) is 5.10 Å². The number of carboxylic acids is 1. The fourth-order valence-corrected chi connectivity index (χ4v) is 3.76. The van der Waals surface area contributed by atoms with E-state index in [1.807, 2.05) is 9.25 Å². The van der Waals surface area contributed by atoms with Crippen LogP contribution in [-0.4, -0.2) is 25.4 Å². The summed E-state index contributed by atoms with van der Waals surface area (Å²) in [6.07, 6.45) is 3.08. The van der Waals surface area contributed by atoms with Gasteiger partial charge in [0.2, 0.25) is 0 Å². The highest BCUT2D eigenvalue weighted by Crippen LogP contribution is 2.42. The molecule has 0 fully saturated rings. The SMILES string of the molecule is CC(C)(C)[C@@H]1Cn2ncc(-c3cccc(F)c3)c2-c2cc(=O)c(C(=O)O)cn21. The standard InChI is InChI=1S/C21H20FN3O3/c1-21(2,3)18-11-25-19(14(9-23-25)12-5-4-6-13(22)7-12)16-8-17(26)15(20(27)28)10-24(16)18/h4-10,18H,11H2,1-3H3,(H,27,28)/t18-/m0/s1. The fourth-order valence-electron chi connectivity index (χ4n) is 3.76. The van der Waals surface area contributed by atoms with Crippen LogP contribution in [0.5, 0.6) is 0 Å². The highest BCUT2D eigenvalue weighted by atomic mass is 19.1. The number of aromatic carboxylic acids is 1. The lowest BCUT2D eigenvalue weighted by molar-refractivity contribution is 0.0693. The van der Waals surface area contributed by atoms with Gasteiger partial charge >= 0.3 is 5.97 Å². The van der Waals surface area contributed by atoms with Gasteiger partial charge in [0, 0.05) is 17.8 Å². The van der Waals surface area contributed by atoms with Crippen molar-refractivity contribution in [3.8, 4) is 22.5 Å². The third kappa shape index (κ3) is 2.83. The molecule has 1 aromatic carbocycles. The van der Waals surface area contributed by atoms with Crippen molar-refractivity contribution in [1.29, 1.82) is 0 Å². The molecule has 3 heterocycles. The minimum absolute atomic E-state index is 0.103. The number of fused-ring (bicyclic) bond motifs is 3. The Morgan fingerprint density at radius 3 is 2.68 bits per heavy atom. The van der Waals surface area contributed by atoms with Gasteiger partial charge < -0.3 is 9.67 Å². The summed E-state index contributed by atoms with van der Waals surface area (Å²) in [6.45, 7) is 6.69. The van der Waals surface area contributed by atoms with Gasteiger partial charge in [0.1, 0.15) is 11.4 Å². The van der Waals surface area contributed by atoms with E-state index in [0.29, 0.717) is 29.1 Å². The highest BCUT2D eigenvalue weighted by Gasteiger charge is 2.35. The Morgan fingerprint density at radius 1 is 1.29 bits per heavy atom. The number of hydrogen-bond donors (Lipinski definition) is 1. The maximum Gasteiger partial charge on any atom is 0.341 e. The van der Waals surface area contributed by atoms with E-state index in [9.17, 15) is 19.1 Å². The van der Waals surface area contributed by atoms with E-state index in [2.05, 4.69) is 25.9 Å². The van der Waals surface area contributed by atoms with Crippen molar-refractivity contribution in [1.82, 2.24) is 14.3 Å². The van der Waals surface area contributed by atoms with Crippen molar-refractivity contribution in [3.05, 3.63) is 64.3 Å². The second kappa shape index (κ2) is 6.15. The normalized spacial score (nSPS) is 15.8. The zero-order valence-electron chi connectivity index (χ0n) is 15.8. The number of pyridine rings is 1. The third-order valence-electron chi connectivity index (χ3n) is 5.21. The lowest BCUT2D eigenvalue weighted by Gasteiger charge is -2.38. The van der Waals surface area contributed by atoms with Crippen LogP contribution in [0.1, 0.15) is 37.2 Å².